The minimum absolute atomic E-state index is 0.00301. The number of carboxylic acid groups (broad SMARTS) is 1. The molecule has 0 bridgehead atoms. The van der Waals surface area contributed by atoms with E-state index >= 15 is 0 Å². The van der Waals surface area contributed by atoms with Crippen LogP contribution >= 0.6 is 11.8 Å². The molecular weight excluding hydrogens is 242 g/mol. The lowest BCUT2D eigenvalue weighted by Gasteiger charge is -2.05. The summed E-state index contributed by atoms with van der Waals surface area (Å²) in [6.45, 7) is 2.06. The van der Waals surface area contributed by atoms with E-state index < -0.39 is 17.9 Å². The van der Waals surface area contributed by atoms with Gasteiger partial charge in [0, 0.05) is 0 Å². The maximum absolute atomic E-state index is 11.6. The number of carbonyl (C=O) groups is 1. The van der Waals surface area contributed by atoms with Gasteiger partial charge in [-0.2, -0.15) is 11.8 Å². The standard InChI is InChI=1S/C10H15N3O3S/c1-2-3-17-5-7-12-9(11)6(4-8(14)15)10(16)13-7/h2-5H2,1H3,(H,14,15)(H3,11,12,13,16). The first-order valence-corrected chi connectivity index (χ1v) is 6.37. The molecule has 0 spiro atoms. The van der Waals surface area contributed by atoms with Crippen LogP contribution in [0.5, 0.6) is 0 Å². The molecule has 0 amide bonds. The van der Waals surface area contributed by atoms with E-state index in [-0.39, 0.29) is 11.4 Å². The Labute approximate surface area is 103 Å². The van der Waals surface area contributed by atoms with Crippen LogP contribution in [0.15, 0.2) is 4.79 Å². The third kappa shape index (κ3) is 4.10. The highest BCUT2D eigenvalue weighted by molar-refractivity contribution is 7.98. The number of nitrogen functional groups attached to an aromatic ring is 1. The fourth-order valence-electron chi connectivity index (χ4n) is 1.27. The Morgan fingerprint density at radius 2 is 2.29 bits per heavy atom. The van der Waals surface area contributed by atoms with Crippen LogP contribution in [-0.2, 0) is 17.0 Å². The van der Waals surface area contributed by atoms with Crippen molar-refractivity contribution in [1.82, 2.24) is 9.97 Å². The predicted molar refractivity (Wildman–Crippen MR) is 67.1 cm³/mol. The van der Waals surface area contributed by atoms with Crippen LogP contribution in [0.4, 0.5) is 5.82 Å². The van der Waals surface area contributed by atoms with E-state index in [2.05, 4.69) is 16.9 Å². The molecule has 0 unspecified atom stereocenters. The van der Waals surface area contributed by atoms with E-state index in [1.54, 1.807) is 11.8 Å². The SMILES string of the molecule is CCCSCc1nc(N)c(CC(=O)O)c(=O)[nH]1. The molecule has 0 aliphatic heterocycles. The number of carboxylic acids is 1. The van der Waals surface area contributed by atoms with Crippen LogP contribution in [0, 0.1) is 0 Å². The van der Waals surface area contributed by atoms with Gasteiger partial charge in [0.25, 0.3) is 5.56 Å². The normalized spacial score (nSPS) is 10.4. The van der Waals surface area contributed by atoms with Gasteiger partial charge in [-0.05, 0) is 12.2 Å². The number of aromatic amines is 1. The number of aliphatic carboxylic acids is 1. The summed E-state index contributed by atoms with van der Waals surface area (Å²) < 4.78 is 0. The van der Waals surface area contributed by atoms with Gasteiger partial charge in [0.1, 0.15) is 11.6 Å². The van der Waals surface area contributed by atoms with Gasteiger partial charge in [-0.25, -0.2) is 4.98 Å². The fourth-order valence-corrected chi connectivity index (χ4v) is 2.03. The van der Waals surface area contributed by atoms with E-state index in [4.69, 9.17) is 10.8 Å². The van der Waals surface area contributed by atoms with Gasteiger partial charge in [0.05, 0.1) is 17.7 Å². The number of nitrogens with zero attached hydrogens (tertiary/aromatic N) is 1. The van der Waals surface area contributed by atoms with E-state index in [1.807, 2.05) is 0 Å². The largest absolute Gasteiger partial charge is 0.481 e. The lowest BCUT2D eigenvalue weighted by atomic mass is 10.2. The molecule has 0 radical (unpaired) electrons. The van der Waals surface area contributed by atoms with Crippen LogP contribution in [0.2, 0.25) is 0 Å². The quantitative estimate of drug-likeness (QED) is 0.645. The van der Waals surface area contributed by atoms with Gasteiger partial charge in [0.2, 0.25) is 0 Å². The maximum atomic E-state index is 11.6. The van der Waals surface area contributed by atoms with Gasteiger partial charge in [-0.15, -0.1) is 0 Å². The molecule has 17 heavy (non-hydrogen) atoms. The van der Waals surface area contributed by atoms with Crippen molar-refractivity contribution in [3.63, 3.8) is 0 Å². The van der Waals surface area contributed by atoms with Crippen LogP contribution in [0.3, 0.4) is 0 Å². The lowest BCUT2D eigenvalue weighted by molar-refractivity contribution is -0.136. The Balaban J connectivity index is 2.85. The molecule has 1 heterocycles. The molecule has 1 aromatic rings. The number of hydrogen-bond donors (Lipinski definition) is 3. The minimum Gasteiger partial charge on any atom is -0.481 e. The van der Waals surface area contributed by atoms with E-state index in [0.29, 0.717) is 11.6 Å². The van der Waals surface area contributed by atoms with Crippen molar-refractivity contribution in [2.45, 2.75) is 25.5 Å². The van der Waals surface area contributed by atoms with Crippen molar-refractivity contribution in [3.05, 3.63) is 21.7 Å². The molecule has 0 aromatic carbocycles. The van der Waals surface area contributed by atoms with Gasteiger partial charge in [-0.3, -0.25) is 9.59 Å². The summed E-state index contributed by atoms with van der Waals surface area (Å²) in [6, 6.07) is 0. The molecule has 7 heteroatoms. The Hall–Kier alpha value is -1.50. The molecule has 0 saturated carbocycles. The van der Waals surface area contributed by atoms with Crippen molar-refractivity contribution in [2.75, 3.05) is 11.5 Å². The number of aromatic nitrogens is 2. The molecule has 0 atom stereocenters. The molecule has 4 N–H and O–H groups in total. The topological polar surface area (TPSA) is 109 Å². The number of hydrogen-bond acceptors (Lipinski definition) is 5. The smallest absolute Gasteiger partial charge is 0.308 e. The van der Waals surface area contributed by atoms with Crippen molar-refractivity contribution in [2.24, 2.45) is 0 Å². The highest BCUT2D eigenvalue weighted by Gasteiger charge is 2.12. The summed E-state index contributed by atoms with van der Waals surface area (Å²) in [5, 5.41) is 8.62. The molecule has 0 aliphatic rings. The summed E-state index contributed by atoms with van der Waals surface area (Å²) >= 11 is 1.64. The van der Waals surface area contributed by atoms with Crippen LogP contribution in [0.25, 0.3) is 0 Å². The fraction of sp³-hybridized carbons (Fsp3) is 0.500. The monoisotopic (exact) mass is 257 g/mol. The van der Waals surface area contributed by atoms with Crippen molar-refractivity contribution in [3.8, 4) is 0 Å². The van der Waals surface area contributed by atoms with Crippen molar-refractivity contribution in [1.29, 1.82) is 0 Å². The zero-order valence-corrected chi connectivity index (χ0v) is 10.3. The van der Waals surface area contributed by atoms with Crippen LogP contribution in [0.1, 0.15) is 24.7 Å². The third-order valence-corrected chi connectivity index (χ3v) is 3.19. The van der Waals surface area contributed by atoms with Gasteiger partial charge in [0.15, 0.2) is 0 Å². The summed E-state index contributed by atoms with van der Waals surface area (Å²) in [5.41, 5.74) is 5.12. The Kier molecular flexibility index (Phi) is 5.02. The van der Waals surface area contributed by atoms with Crippen molar-refractivity contribution >= 4 is 23.5 Å². The summed E-state index contributed by atoms with van der Waals surface area (Å²) in [6.07, 6.45) is 0.637. The number of nitrogens with two attached hydrogens (primary N) is 1. The second-order valence-corrected chi connectivity index (χ2v) is 4.60. The van der Waals surface area contributed by atoms with Crippen LogP contribution in [-0.4, -0.2) is 26.8 Å². The molecular formula is C10H15N3O3S. The van der Waals surface area contributed by atoms with E-state index in [1.165, 1.54) is 0 Å². The first kappa shape index (κ1) is 13.6. The van der Waals surface area contributed by atoms with Crippen molar-refractivity contribution < 1.29 is 9.90 Å². The average Bonchev–Trinajstić information content (AvgIpc) is 2.24. The van der Waals surface area contributed by atoms with Gasteiger partial charge < -0.3 is 15.8 Å². The van der Waals surface area contributed by atoms with Crippen LogP contribution < -0.4 is 11.3 Å². The Bertz CT molecular complexity index is 459. The average molecular weight is 257 g/mol. The highest BCUT2D eigenvalue weighted by atomic mass is 32.2. The third-order valence-electron chi connectivity index (χ3n) is 2.01. The predicted octanol–water partition coefficient (Wildman–Crippen LogP) is 0.622. The Morgan fingerprint density at radius 1 is 1.59 bits per heavy atom. The first-order chi connectivity index (χ1) is 8.04. The second kappa shape index (κ2) is 6.29. The molecule has 0 aliphatic carbocycles. The molecule has 1 rings (SSSR count). The summed E-state index contributed by atoms with van der Waals surface area (Å²) in [5.74, 6) is 0.932. The molecule has 0 fully saturated rings. The zero-order valence-electron chi connectivity index (χ0n) is 9.52. The maximum Gasteiger partial charge on any atom is 0.308 e. The Morgan fingerprint density at radius 3 is 2.82 bits per heavy atom. The summed E-state index contributed by atoms with van der Waals surface area (Å²) in [4.78, 5) is 28.7. The lowest BCUT2D eigenvalue weighted by Crippen LogP contribution is -2.22. The number of rotatable bonds is 6. The minimum atomic E-state index is -1.10. The second-order valence-electron chi connectivity index (χ2n) is 3.50. The molecule has 1 aromatic heterocycles. The highest BCUT2D eigenvalue weighted by Crippen LogP contribution is 2.11. The van der Waals surface area contributed by atoms with E-state index in [9.17, 15) is 9.59 Å². The number of H-pyrrole nitrogens is 1. The molecule has 94 valence electrons. The van der Waals surface area contributed by atoms with Gasteiger partial charge in [-0.1, -0.05) is 6.92 Å². The van der Waals surface area contributed by atoms with E-state index in [0.717, 1.165) is 12.2 Å². The number of thioether (sulfide) groups is 1. The number of nitrogens with one attached hydrogen (secondary N) is 1. The first-order valence-electron chi connectivity index (χ1n) is 5.21. The zero-order chi connectivity index (χ0) is 12.8. The summed E-state index contributed by atoms with van der Waals surface area (Å²) in [7, 11) is 0. The number of anilines is 1. The molecule has 0 saturated heterocycles. The molecule has 6 nitrogen and oxygen atoms in total. The van der Waals surface area contributed by atoms with Gasteiger partial charge >= 0.3 is 5.97 Å².